The molecule has 1 heteroatoms. The highest BCUT2D eigenvalue weighted by atomic mass is 14.8. The van der Waals surface area contributed by atoms with Gasteiger partial charge in [-0.25, -0.2) is 0 Å². The molecule has 0 fully saturated rings. The summed E-state index contributed by atoms with van der Waals surface area (Å²) in [7, 11) is 0. The fourth-order valence-corrected chi connectivity index (χ4v) is 3.21. The van der Waals surface area contributed by atoms with Crippen LogP contribution in [0.2, 0.25) is 0 Å². The molecule has 0 aromatic rings. The average Bonchev–Trinajstić information content (AvgIpc) is 2.50. The van der Waals surface area contributed by atoms with Crippen molar-refractivity contribution in [2.75, 3.05) is 13.1 Å². The molecule has 0 radical (unpaired) electrons. The van der Waals surface area contributed by atoms with Crippen molar-refractivity contribution in [3.63, 3.8) is 0 Å². The number of rotatable bonds is 8. The summed E-state index contributed by atoms with van der Waals surface area (Å²) in [4.78, 5) is 0. The molecule has 1 N–H and O–H groups in total. The number of hydrogen-bond donors (Lipinski definition) is 1. The van der Waals surface area contributed by atoms with Crippen molar-refractivity contribution in [1.29, 1.82) is 0 Å². The van der Waals surface area contributed by atoms with Gasteiger partial charge >= 0.3 is 0 Å². The van der Waals surface area contributed by atoms with E-state index in [1.807, 2.05) is 0 Å². The SMILES string of the molecule is CCCNC/C=C(C)/C=C\C=C(C)\C=C\C1=C(C)CCCC1(C)C. The molecule has 1 aliphatic rings. The maximum Gasteiger partial charge on any atom is 0.0140 e. The van der Waals surface area contributed by atoms with Crippen LogP contribution in [0.15, 0.2) is 58.7 Å². The fraction of sp³-hybridized carbons (Fsp3) is 0.565. The maximum absolute atomic E-state index is 3.39. The minimum atomic E-state index is 0.319. The third-order valence-electron chi connectivity index (χ3n) is 4.77. The van der Waals surface area contributed by atoms with Crippen LogP contribution in [0.25, 0.3) is 0 Å². The molecular weight excluding hydrogens is 290 g/mol. The van der Waals surface area contributed by atoms with E-state index in [0.29, 0.717) is 5.41 Å². The van der Waals surface area contributed by atoms with E-state index in [9.17, 15) is 0 Å². The highest BCUT2D eigenvalue weighted by Gasteiger charge is 2.26. The van der Waals surface area contributed by atoms with Gasteiger partial charge < -0.3 is 5.32 Å². The molecule has 24 heavy (non-hydrogen) atoms. The molecule has 0 aromatic heterocycles. The van der Waals surface area contributed by atoms with E-state index in [4.69, 9.17) is 0 Å². The summed E-state index contributed by atoms with van der Waals surface area (Å²) in [6.07, 6.45) is 18.4. The molecule has 0 aromatic carbocycles. The second kappa shape index (κ2) is 10.5. The summed E-state index contributed by atoms with van der Waals surface area (Å²) in [5.74, 6) is 0. The Morgan fingerprint density at radius 3 is 2.58 bits per heavy atom. The summed E-state index contributed by atoms with van der Waals surface area (Å²) in [5, 5.41) is 3.39. The molecule has 0 unspecified atom stereocenters. The van der Waals surface area contributed by atoms with Crippen LogP contribution >= 0.6 is 0 Å². The highest BCUT2D eigenvalue weighted by molar-refractivity contribution is 5.37. The van der Waals surface area contributed by atoms with Gasteiger partial charge in [0.25, 0.3) is 0 Å². The van der Waals surface area contributed by atoms with E-state index < -0.39 is 0 Å². The maximum atomic E-state index is 3.39. The second-order valence-corrected chi connectivity index (χ2v) is 7.69. The zero-order chi connectivity index (χ0) is 18.0. The van der Waals surface area contributed by atoms with Gasteiger partial charge in [-0.1, -0.05) is 73.9 Å². The molecule has 0 aliphatic heterocycles. The van der Waals surface area contributed by atoms with E-state index >= 15 is 0 Å². The molecule has 1 nitrogen and oxygen atoms in total. The summed E-state index contributed by atoms with van der Waals surface area (Å²) in [5.41, 5.74) is 6.01. The smallest absolute Gasteiger partial charge is 0.0140 e. The first-order valence-electron chi connectivity index (χ1n) is 9.47. The Kier molecular flexibility index (Phi) is 9.07. The van der Waals surface area contributed by atoms with Gasteiger partial charge in [-0.2, -0.15) is 0 Å². The molecule has 0 bridgehead atoms. The molecule has 0 amide bonds. The van der Waals surface area contributed by atoms with E-state index in [1.54, 1.807) is 5.57 Å². The number of hydrogen-bond acceptors (Lipinski definition) is 1. The summed E-state index contributed by atoms with van der Waals surface area (Å²) in [6, 6.07) is 0. The van der Waals surface area contributed by atoms with Crippen LogP contribution in [-0.4, -0.2) is 13.1 Å². The summed E-state index contributed by atoms with van der Waals surface area (Å²) in [6.45, 7) is 15.6. The van der Waals surface area contributed by atoms with Gasteiger partial charge in [0.1, 0.15) is 0 Å². The Hall–Kier alpha value is -1.34. The standard InChI is InChI=1S/C23H37N/c1-7-17-24-18-15-20(3)11-8-10-19(2)13-14-22-21(4)12-9-16-23(22,5)6/h8,10-11,13-15,24H,7,9,12,16-18H2,1-6H3/b11-8-,14-13+,19-10+,20-15+. The molecule has 0 heterocycles. The van der Waals surface area contributed by atoms with Crippen LogP contribution in [0.4, 0.5) is 0 Å². The Labute approximate surface area is 150 Å². The zero-order valence-corrected chi connectivity index (χ0v) is 16.7. The second-order valence-electron chi connectivity index (χ2n) is 7.69. The average molecular weight is 328 g/mol. The van der Waals surface area contributed by atoms with Crippen LogP contribution in [0.1, 0.15) is 67.2 Å². The van der Waals surface area contributed by atoms with Gasteiger partial charge in [-0.05, 0) is 64.0 Å². The molecule has 0 saturated heterocycles. The van der Waals surface area contributed by atoms with E-state index in [0.717, 1.165) is 13.1 Å². The third-order valence-corrected chi connectivity index (χ3v) is 4.77. The molecule has 0 atom stereocenters. The van der Waals surface area contributed by atoms with Crippen LogP contribution < -0.4 is 5.32 Å². The normalized spacial score (nSPS) is 19.8. The van der Waals surface area contributed by atoms with Crippen molar-refractivity contribution >= 4 is 0 Å². The lowest BCUT2D eigenvalue weighted by Gasteiger charge is -2.32. The van der Waals surface area contributed by atoms with Gasteiger partial charge in [-0.3, -0.25) is 0 Å². The lowest BCUT2D eigenvalue weighted by Crippen LogP contribution is -2.19. The lowest BCUT2D eigenvalue weighted by molar-refractivity contribution is 0.377. The number of nitrogens with one attached hydrogen (secondary N) is 1. The van der Waals surface area contributed by atoms with E-state index in [2.05, 4.69) is 83.3 Å². The molecule has 134 valence electrons. The van der Waals surface area contributed by atoms with Crippen molar-refractivity contribution < 1.29 is 0 Å². The monoisotopic (exact) mass is 327 g/mol. The van der Waals surface area contributed by atoms with Gasteiger partial charge in [0.05, 0.1) is 0 Å². The highest BCUT2D eigenvalue weighted by Crippen LogP contribution is 2.40. The van der Waals surface area contributed by atoms with Crippen molar-refractivity contribution in [2.24, 2.45) is 5.41 Å². The van der Waals surface area contributed by atoms with Gasteiger partial charge in [0.15, 0.2) is 0 Å². The molecule has 0 saturated carbocycles. The Morgan fingerprint density at radius 2 is 1.92 bits per heavy atom. The van der Waals surface area contributed by atoms with Gasteiger partial charge in [-0.15, -0.1) is 0 Å². The fourth-order valence-electron chi connectivity index (χ4n) is 3.21. The van der Waals surface area contributed by atoms with Crippen LogP contribution in [0.3, 0.4) is 0 Å². The Balaban J connectivity index is 2.62. The minimum Gasteiger partial charge on any atom is -0.313 e. The Morgan fingerprint density at radius 1 is 1.17 bits per heavy atom. The third kappa shape index (κ3) is 7.49. The first-order valence-corrected chi connectivity index (χ1v) is 9.47. The van der Waals surface area contributed by atoms with Gasteiger partial charge in [0, 0.05) is 6.54 Å². The predicted octanol–water partition coefficient (Wildman–Crippen LogP) is 6.52. The predicted molar refractivity (Wildman–Crippen MR) is 109 cm³/mol. The molecule has 1 rings (SSSR count). The van der Waals surface area contributed by atoms with E-state index in [-0.39, 0.29) is 0 Å². The van der Waals surface area contributed by atoms with Crippen molar-refractivity contribution in [3.8, 4) is 0 Å². The topological polar surface area (TPSA) is 12.0 Å². The van der Waals surface area contributed by atoms with Crippen LogP contribution in [0.5, 0.6) is 0 Å². The van der Waals surface area contributed by atoms with Gasteiger partial charge in [0.2, 0.25) is 0 Å². The first-order chi connectivity index (χ1) is 11.4. The first kappa shape index (κ1) is 20.7. The minimum absolute atomic E-state index is 0.319. The van der Waals surface area contributed by atoms with Crippen molar-refractivity contribution in [1.82, 2.24) is 5.32 Å². The summed E-state index contributed by atoms with van der Waals surface area (Å²) >= 11 is 0. The van der Waals surface area contributed by atoms with Crippen LogP contribution in [-0.2, 0) is 0 Å². The van der Waals surface area contributed by atoms with Crippen molar-refractivity contribution in [2.45, 2.75) is 67.2 Å². The zero-order valence-electron chi connectivity index (χ0n) is 16.7. The molecule has 0 spiro atoms. The van der Waals surface area contributed by atoms with Crippen LogP contribution in [0, 0.1) is 5.41 Å². The molecule has 1 aliphatic carbocycles. The number of allylic oxidation sites excluding steroid dienone is 9. The Bertz CT molecular complexity index is 538. The lowest BCUT2D eigenvalue weighted by atomic mass is 9.72. The summed E-state index contributed by atoms with van der Waals surface area (Å²) < 4.78 is 0. The quantitative estimate of drug-likeness (QED) is 0.395. The van der Waals surface area contributed by atoms with E-state index in [1.165, 1.54) is 42.4 Å². The molecular formula is C23H37N. The van der Waals surface area contributed by atoms with Crippen molar-refractivity contribution in [3.05, 3.63) is 58.7 Å². The largest absolute Gasteiger partial charge is 0.313 e.